The van der Waals surface area contributed by atoms with Gasteiger partial charge in [0.15, 0.2) is 5.82 Å². The number of rotatable bonds is 5. The number of benzene rings is 2. The van der Waals surface area contributed by atoms with Crippen LogP contribution in [-0.2, 0) is 16.0 Å². The quantitative estimate of drug-likeness (QED) is 0.243. The number of piperidine rings is 2. The molecule has 2 aromatic heterocycles. The van der Waals surface area contributed by atoms with Crippen molar-refractivity contribution in [3.8, 4) is 23.0 Å². The van der Waals surface area contributed by atoms with Gasteiger partial charge in [0.05, 0.1) is 29.0 Å². The third-order valence-corrected chi connectivity index (χ3v) is 13.1. The van der Waals surface area contributed by atoms with Crippen molar-refractivity contribution in [2.24, 2.45) is 5.92 Å². The topological polar surface area (TPSA) is 143 Å². The van der Waals surface area contributed by atoms with Gasteiger partial charge in [-0.05, 0) is 93.3 Å². The summed E-state index contributed by atoms with van der Waals surface area (Å²) >= 11 is 0. The van der Waals surface area contributed by atoms with Crippen LogP contribution in [0.1, 0.15) is 63.9 Å². The summed E-state index contributed by atoms with van der Waals surface area (Å²) in [5.41, 5.74) is 0.0908. The number of carbonyl (C=O) groups is 3. The fourth-order valence-corrected chi connectivity index (χ4v) is 10.2. The Morgan fingerprint density at radius 2 is 1.92 bits per heavy atom. The molecule has 6 aliphatic rings. The number of aryl methyl sites for hydroxylation is 1. The molecule has 318 valence electrons. The highest BCUT2D eigenvalue weighted by Gasteiger charge is 2.49. The number of aromatic nitrogens is 3. The highest BCUT2D eigenvalue weighted by molar-refractivity contribution is 6.02. The van der Waals surface area contributed by atoms with Gasteiger partial charge in [-0.3, -0.25) is 14.7 Å². The molecule has 4 fully saturated rings. The Labute approximate surface area is 347 Å². The molecule has 4 atom stereocenters. The molecule has 8 heterocycles. The van der Waals surface area contributed by atoms with Gasteiger partial charge in [-0.1, -0.05) is 18.2 Å². The zero-order chi connectivity index (χ0) is 41.8. The minimum Gasteiger partial charge on any atom is -0.461 e. The van der Waals surface area contributed by atoms with E-state index >= 15 is 4.39 Å². The Balaban J connectivity index is 1.16. The summed E-state index contributed by atoms with van der Waals surface area (Å²) in [6.07, 6.45) is 5.31. The molecule has 1 N–H and O–H groups in total. The minimum atomic E-state index is -0.951. The summed E-state index contributed by atoms with van der Waals surface area (Å²) in [7, 11) is 3.41. The predicted molar refractivity (Wildman–Crippen MR) is 220 cm³/mol. The van der Waals surface area contributed by atoms with E-state index in [1.807, 2.05) is 30.0 Å². The van der Waals surface area contributed by atoms with Gasteiger partial charge in [0.2, 0.25) is 5.91 Å². The summed E-state index contributed by atoms with van der Waals surface area (Å²) in [5, 5.41) is 4.84. The van der Waals surface area contributed by atoms with E-state index in [9.17, 15) is 18.8 Å². The number of ether oxygens (including phenoxy) is 3. The summed E-state index contributed by atoms with van der Waals surface area (Å²) in [5.74, 6) is -0.472. The number of fused-ring (bicyclic) bond motifs is 7. The van der Waals surface area contributed by atoms with Crippen molar-refractivity contribution in [3.63, 3.8) is 0 Å². The average molecular weight is 827 g/mol. The zero-order valence-electron chi connectivity index (χ0n) is 34.5. The van der Waals surface area contributed by atoms with E-state index in [-0.39, 0.29) is 54.6 Å². The molecule has 0 aliphatic carbocycles. The van der Waals surface area contributed by atoms with Crippen molar-refractivity contribution in [1.29, 1.82) is 0 Å². The number of halogens is 2. The number of hydrogen-bond donors (Lipinski definition) is 1. The van der Waals surface area contributed by atoms with Crippen LogP contribution in [0.3, 0.4) is 0 Å². The van der Waals surface area contributed by atoms with Crippen molar-refractivity contribution in [2.75, 3.05) is 71.5 Å². The van der Waals surface area contributed by atoms with Gasteiger partial charge in [-0.15, -0.1) is 0 Å². The molecule has 6 aliphatic heterocycles. The van der Waals surface area contributed by atoms with E-state index in [4.69, 9.17) is 29.2 Å². The molecular formula is C44H52F2N8O6. The Morgan fingerprint density at radius 3 is 2.77 bits per heavy atom. The average Bonchev–Trinajstić information content (AvgIpc) is 3.76. The summed E-state index contributed by atoms with van der Waals surface area (Å²) < 4.78 is 50.5. The van der Waals surface area contributed by atoms with Crippen LogP contribution in [0.5, 0.6) is 11.8 Å². The SMILES string of the molecule is CN(C)C(=O)C1CCCN(C(=O)Oc2cc3c4c(cccc4c2)CCCOC(=O)N[C@]2(C)CCCN(C2)c2nc(OC[C@@]45CCCN4C[C@H](F)C5)nc4c(F)c-3ncc24)C1. The summed E-state index contributed by atoms with van der Waals surface area (Å²) in [6.45, 7) is 5.04. The number of carbonyl (C=O) groups excluding carboxylic acids is 3. The lowest BCUT2D eigenvalue weighted by Gasteiger charge is -2.41. The minimum absolute atomic E-state index is 0.000541. The number of alkyl halides is 1. The smallest absolute Gasteiger partial charge is 0.415 e. The number of amides is 3. The number of alkyl carbamates (subject to hydrolysis) is 1. The third-order valence-electron chi connectivity index (χ3n) is 13.1. The van der Waals surface area contributed by atoms with Crippen molar-refractivity contribution in [2.45, 2.75) is 82.0 Å². The van der Waals surface area contributed by atoms with E-state index in [1.165, 1.54) is 4.90 Å². The van der Waals surface area contributed by atoms with Crippen LogP contribution in [0.15, 0.2) is 36.5 Å². The van der Waals surface area contributed by atoms with E-state index in [1.54, 1.807) is 37.3 Å². The lowest BCUT2D eigenvalue weighted by molar-refractivity contribution is -0.134. The maximum atomic E-state index is 17.6. The molecule has 0 spiro atoms. The molecule has 10 rings (SSSR count). The first kappa shape index (κ1) is 40.0. The molecule has 0 saturated carbocycles. The largest absolute Gasteiger partial charge is 0.461 e. The number of hydrogen-bond acceptors (Lipinski definition) is 11. The van der Waals surface area contributed by atoms with Crippen LogP contribution < -0.4 is 19.7 Å². The Bertz CT molecular complexity index is 2350. The number of anilines is 1. The predicted octanol–water partition coefficient (Wildman–Crippen LogP) is 6.27. The second kappa shape index (κ2) is 15.9. The second-order valence-corrected chi connectivity index (χ2v) is 17.7. The van der Waals surface area contributed by atoms with E-state index in [2.05, 4.69) is 10.2 Å². The maximum Gasteiger partial charge on any atom is 0.415 e. The van der Waals surface area contributed by atoms with Crippen molar-refractivity contribution in [1.82, 2.24) is 35.0 Å². The van der Waals surface area contributed by atoms with Crippen LogP contribution >= 0.6 is 0 Å². The first-order chi connectivity index (χ1) is 28.9. The van der Waals surface area contributed by atoms with Crippen molar-refractivity contribution < 1.29 is 37.4 Å². The molecule has 60 heavy (non-hydrogen) atoms. The normalized spacial score (nSPS) is 25.9. The first-order valence-electron chi connectivity index (χ1n) is 21.2. The highest BCUT2D eigenvalue weighted by Crippen LogP contribution is 2.42. The van der Waals surface area contributed by atoms with Gasteiger partial charge in [0, 0.05) is 65.0 Å². The number of pyridine rings is 1. The molecule has 16 heteroatoms. The third kappa shape index (κ3) is 7.62. The van der Waals surface area contributed by atoms with Gasteiger partial charge in [-0.2, -0.15) is 9.97 Å². The van der Waals surface area contributed by atoms with Crippen LogP contribution in [0.4, 0.5) is 24.2 Å². The molecule has 4 aromatic rings. The fraction of sp³-hybridized carbons (Fsp3) is 0.545. The standard InChI is InChI=1S/C44H52F2N8O6/c1-43-13-7-16-53(25-43)38-33-22-47-36(35(46)37(33)48-40(49-38)59-26-44-14-8-17-54(44)24-30(45)21-44)32-20-31(60-42(57)52-15-5-11-29(23-52)39(55)51(2)3)19-28-10-4-9-27(34(28)32)12-6-18-58-41(56)50-43/h4,9-10,19-20,22,29-30H,5-8,11-18,21,23-26H2,1-3H3,(H,50,56)/t29?,30-,43-,44+/m1/s1. The molecule has 4 saturated heterocycles. The summed E-state index contributed by atoms with van der Waals surface area (Å²) in [6, 6.07) is 9.04. The van der Waals surface area contributed by atoms with Crippen molar-refractivity contribution in [3.05, 3.63) is 47.9 Å². The van der Waals surface area contributed by atoms with Gasteiger partial charge in [0.25, 0.3) is 0 Å². The maximum absolute atomic E-state index is 17.6. The number of nitrogens with zero attached hydrogens (tertiary/aromatic N) is 7. The molecule has 2 aromatic carbocycles. The van der Waals surface area contributed by atoms with Gasteiger partial charge < -0.3 is 34.2 Å². The van der Waals surface area contributed by atoms with E-state index in [0.29, 0.717) is 98.7 Å². The first-order valence-corrected chi connectivity index (χ1v) is 21.2. The van der Waals surface area contributed by atoms with Crippen LogP contribution in [-0.4, -0.2) is 132 Å². The molecule has 6 bridgehead atoms. The number of nitrogens with one attached hydrogen (secondary N) is 1. The van der Waals surface area contributed by atoms with Crippen LogP contribution in [0.25, 0.3) is 32.9 Å². The Hall–Kier alpha value is -5.38. The van der Waals surface area contributed by atoms with E-state index < -0.39 is 35.3 Å². The molecule has 3 amide bonds. The van der Waals surface area contributed by atoms with Crippen LogP contribution in [0, 0.1) is 11.7 Å². The Kier molecular flexibility index (Phi) is 10.6. The number of likely N-dealkylation sites (tertiary alicyclic amines) is 1. The monoisotopic (exact) mass is 826 g/mol. The lowest BCUT2D eigenvalue weighted by Crippen LogP contribution is -2.57. The van der Waals surface area contributed by atoms with Crippen LogP contribution in [0.2, 0.25) is 0 Å². The zero-order valence-corrected chi connectivity index (χ0v) is 34.5. The Morgan fingerprint density at radius 1 is 1.07 bits per heavy atom. The fourth-order valence-electron chi connectivity index (χ4n) is 10.2. The molecule has 14 nitrogen and oxygen atoms in total. The lowest BCUT2D eigenvalue weighted by atomic mass is 9.91. The van der Waals surface area contributed by atoms with E-state index in [0.717, 1.165) is 24.9 Å². The molecular weight excluding hydrogens is 775 g/mol. The van der Waals surface area contributed by atoms with Gasteiger partial charge in [0.1, 0.15) is 35.6 Å². The second-order valence-electron chi connectivity index (χ2n) is 17.7. The highest BCUT2D eigenvalue weighted by atomic mass is 19.1. The van der Waals surface area contributed by atoms with Gasteiger partial charge >= 0.3 is 18.2 Å². The molecule has 0 radical (unpaired) electrons. The van der Waals surface area contributed by atoms with Crippen molar-refractivity contribution >= 4 is 45.6 Å². The molecule has 1 unspecified atom stereocenters. The summed E-state index contributed by atoms with van der Waals surface area (Å²) in [4.78, 5) is 61.3. The van der Waals surface area contributed by atoms with Gasteiger partial charge in [-0.25, -0.2) is 18.4 Å².